The maximum atomic E-state index is 11.9. The molecule has 0 fully saturated rings. The fraction of sp³-hybridized carbons (Fsp3) is 0.625. The molecule has 0 aliphatic heterocycles. The fourth-order valence-electron chi connectivity index (χ4n) is 2.02. The first kappa shape index (κ1) is 18.7. The molecule has 0 atom stereocenters. The van der Waals surface area contributed by atoms with Crippen LogP contribution in [0.4, 0.5) is 0 Å². The summed E-state index contributed by atoms with van der Waals surface area (Å²) in [5.41, 5.74) is 1.04. The minimum Gasteiger partial charge on any atom is -0.266 e. The van der Waals surface area contributed by atoms with E-state index in [1.165, 1.54) is 25.7 Å². The van der Waals surface area contributed by atoms with Crippen LogP contribution in [-0.4, -0.2) is 20.4 Å². The predicted molar refractivity (Wildman–Crippen MR) is 90.4 cm³/mol. The minimum atomic E-state index is -3.59. The lowest BCUT2D eigenvalue weighted by molar-refractivity contribution is 0.306. The smallest absolute Gasteiger partial charge is 0.266 e. The number of hydrogen-bond acceptors (Lipinski definition) is 3. The van der Waals surface area contributed by atoms with Crippen LogP contribution in [-0.2, 0) is 14.3 Å². The van der Waals surface area contributed by atoms with Gasteiger partial charge in [-0.3, -0.25) is 4.18 Å². The molecule has 0 saturated heterocycles. The minimum absolute atomic E-state index is 0.239. The summed E-state index contributed by atoms with van der Waals surface area (Å²) in [6.07, 6.45) is 7.95. The van der Waals surface area contributed by atoms with Crippen molar-refractivity contribution in [2.24, 2.45) is 0 Å². The molecule has 5 heteroatoms. The Balaban J connectivity index is 2.15. The van der Waals surface area contributed by atoms with E-state index >= 15 is 0 Å². The Bertz CT molecular complexity index is 483. The molecular formula is C16H25BrO3S. The average Bonchev–Trinajstić information content (AvgIpc) is 2.46. The first-order valence-corrected chi connectivity index (χ1v) is 10.1. The molecule has 0 aromatic heterocycles. The third-order valence-electron chi connectivity index (χ3n) is 3.33. The van der Waals surface area contributed by atoms with Crippen LogP contribution in [0, 0.1) is 6.92 Å². The maximum Gasteiger partial charge on any atom is 0.296 e. The molecule has 1 rings (SSSR count). The van der Waals surface area contributed by atoms with Crippen LogP contribution in [0.15, 0.2) is 29.2 Å². The van der Waals surface area contributed by atoms with Crippen LogP contribution >= 0.6 is 15.9 Å². The number of halogens is 1. The van der Waals surface area contributed by atoms with Crippen LogP contribution in [0.1, 0.15) is 50.5 Å². The van der Waals surface area contributed by atoms with E-state index in [0.717, 1.165) is 30.2 Å². The van der Waals surface area contributed by atoms with E-state index in [0.29, 0.717) is 0 Å². The third kappa shape index (κ3) is 7.98. The summed E-state index contributed by atoms with van der Waals surface area (Å²) < 4.78 is 28.9. The average molecular weight is 377 g/mol. The molecule has 0 heterocycles. The molecule has 1 aromatic rings. The highest BCUT2D eigenvalue weighted by molar-refractivity contribution is 9.09. The van der Waals surface area contributed by atoms with Gasteiger partial charge in [-0.15, -0.1) is 0 Å². The van der Waals surface area contributed by atoms with Gasteiger partial charge in [0.25, 0.3) is 10.1 Å². The number of aryl methyl sites for hydroxylation is 1. The van der Waals surface area contributed by atoms with Gasteiger partial charge in [0, 0.05) is 5.33 Å². The van der Waals surface area contributed by atoms with Gasteiger partial charge in [-0.25, -0.2) is 0 Å². The maximum absolute atomic E-state index is 11.9. The summed E-state index contributed by atoms with van der Waals surface area (Å²) in [5.74, 6) is 0. The number of hydrogen-bond donors (Lipinski definition) is 0. The normalized spacial score (nSPS) is 11.7. The van der Waals surface area contributed by atoms with Crippen molar-refractivity contribution in [1.82, 2.24) is 0 Å². The van der Waals surface area contributed by atoms with Crippen LogP contribution in [0.3, 0.4) is 0 Å². The predicted octanol–water partition coefficient (Wildman–Crippen LogP) is 4.83. The molecule has 1 aromatic carbocycles. The highest BCUT2D eigenvalue weighted by atomic mass is 79.9. The first-order chi connectivity index (χ1) is 10.1. The standard InChI is InChI=1S/C16H25BrO3S/c1-15-9-11-16(12-10-15)21(18,19)20-14-8-6-4-2-3-5-7-13-17/h9-12H,2-8,13-14H2,1H3. The number of unbranched alkanes of at least 4 members (excludes halogenated alkanes) is 6. The van der Waals surface area contributed by atoms with Gasteiger partial charge in [0.1, 0.15) is 0 Å². The Kier molecular flexibility index (Phi) is 9.20. The van der Waals surface area contributed by atoms with Gasteiger partial charge < -0.3 is 0 Å². The van der Waals surface area contributed by atoms with Gasteiger partial charge in [0.15, 0.2) is 0 Å². The number of rotatable bonds is 11. The molecule has 0 aliphatic rings. The van der Waals surface area contributed by atoms with Gasteiger partial charge in [0.05, 0.1) is 11.5 Å². The van der Waals surface area contributed by atoms with E-state index in [2.05, 4.69) is 15.9 Å². The van der Waals surface area contributed by atoms with Crippen molar-refractivity contribution in [3.63, 3.8) is 0 Å². The molecular weight excluding hydrogens is 352 g/mol. The monoisotopic (exact) mass is 376 g/mol. The summed E-state index contributed by atoms with van der Waals surface area (Å²) >= 11 is 3.42. The van der Waals surface area contributed by atoms with Crippen LogP contribution in [0.25, 0.3) is 0 Å². The molecule has 0 amide bonds. The molecule has 0 unspecified atom stereocenters. The zero-order valence-corrected chi connectivity index (χ0v) is 15.1. The van der Waals surface area contributed by atoms with Gasteiger partial charge in [0.2, 0.25) is 0 Å². The van der Waals surface area contributed by atoms with Crippen molar-refractivity contribution in [3.8, 4) is 0 Å². The van der Waals surface area contributed by atoms with Crippen molar-refractivity contribution in [1.29, 1.82) is 0 Å². The van der Waals surface area contributed by atoms with E-state index in [1.807, 2.05) is 6.92 Å². The van der Waals surface area contributed by atoms with Crippen molar-refractivity contribution >= 4 is 26.0 Å². The Labute approximate surface area is 137 Å². The molecule has 0 aliphatic carbocycles. The summed E-state index contributed by atoms with van der Waals surface area (Å²) in [7, 11) is -3.59. The second-order valence-electron chi connectivity index (χ2n) is 5.25. The molecule has 0 saturated carbocycles. The third-order valence-corrected chi connectivity index (χ3v) is 5.21. The Morgan fingerprint density at radius 3 is 2.00 bits per heavy atom. The first-order valence-electron chi connectivity index (χ1n) is 7.58. The highest BCUT2D eigenvalue weighted by Gasteiger charge is 2.14. The van der Waals surface area contributed by atoms with Crippen molar-refractivity contribution in [3.05, 3.63) is 29.8 Å². The summed E-state index contributed by atoms with van der Waals surface area (Å²) in [5, 5.41) is 1.08. The Morgan fingerprint density at radius 1 is 0.905 bits per heavy atom. The lowest BCUT2D eigenvalue weighted by Crippen LogP contribution is -2.07. The van der Waals surface area contributed by atoms with Crippen molar-refractivity contribution < 1.29 is 12.6 Å². The van der Waals surface area contributed by atoms with Crippen molar-refractivity contribution in [2.75, 3.05) is 11.9 Å². The second kappa shape index (κ2) is 10.4. The number of benzene rings is 1. The Hall–Kier alpha value is -0.390. The number of alkyl halides is 1. The zero-order chi connectivity index (χ0) is 15.6. The second-order valence-corrected chi connectivity index (χ2v) is 7.66. The van der Waals surface area contributed by atoms with E-state index in [4.69, 9.17) is 4.18 Å². The molecule has 0 N–H and O–H groups in total. The quantitative estimate of drug-likeness (QED) is 0.315. The molecule has 120 valence electrons. The van der Waals surface area contributed by atoms with Crippen LogP contribution < -0.4 is 0 Å². The lowest BCUT2D eigenvalue weighted by Gasteiger charge is -2.06. The van der Waals surface area contributed by atoms with Gasteiger partial charge in [-0.05, 0) is 31.9 Å². The van der Waals surface area contributed by atoms with Crippen LogP contribution in [0.5, 0.6) is 0 Å². The van der Waals surface area contributed by atoms with Gasteiger partial charge in [-0.2, -0.15) is 8.42 Å². The summed E-state index contributed by atoms with van der Waals surface area (Å²) in [6.45, 7) is 2.20. The molecule has 0 radical (unpaired) electrons. The van der Waals surface area contributed by atoms with E-state index in [-0.39, 0.29) is 11.5 Å². The zero-order valence-electron chi connectivity index (χ0n) is 12.7. The summed E-state index contributed by atoms with van der Waals surface area (Å²) in [4.78, 5) is 0.239. The van der Waals surface area contributed by atoms with E-state index < -0.39 is 10.1 Å². The topological polar surface area (TPSA) is 43.4 Å². The van der Waals surface area contributed by atoms with E-state index in [9.17, 15) is 8.42 Å². The SMILES string of the molecule is Cc1ccc(S(=O)(=O)OCCCCCCCCCBr)cc1. The molecule has 0 bridgehead atoms. The van der Waals surface area contributed by atoms with Crippen molar-refractivity contribution in [2.45, 2.75) is 56.8 Å². The molecule has 3 nitrogen and oxygen atoms in total. The Morgan fingerprint density at radius 2 is 1.43 bits per heavy atom. The van der Waals surface area contributed by atoms with Gasteiger partial charge in [-0.1, -0.05) is 65.7 Å². The summed E-state index contributed by atoms with van der Waals surface area (Å²) in [6, 6.07) is 6.75. The van der Waals surface area contributed by atoms with E-state index in [1.54, 1.807) is 24.3 Å². The molecule has 0 spiro atoms. The molecule has 21 heavy (non-hydrogen) atoms. The van der Waals surface area contributed by atoms with Crippen LogP contribution in [0.2, 0.25) is 0 Å². The largest absolute Gasteiger partial charge is 0.296 e. The van der Waals surface area contributed by atoms with Gasteiger partial charge >= 0.3 is 0 Å². The lowest BCUT2D eigenvalue weighted by atomic mass is 10.1. The fourth-order valence-corrected chi connectivity index (χ4v) is 3.36. The highest BCUT2D eigenvalue weighted by Crippen LogP contribution is 2.14.